The van der Waals surface area contributed by atoms with Crippen LogP contribution in [0.4, 0.5) is 0 Å². The Bertz CT molecular complexity index is 625. The highest BCUT2D eigenvalue weighted by Gasteiger charge is 2.14. The van der Waals surface area contributed by atoms with Crippen molar-refractivity contribution in [3.63, 3.8) is 0 Å². The van der Waals surface area contributed by atoms with E-state index in [1.807, 2.05) is 0 Å². The Kier molecular flexibility index (Phi) is 2.58. The second-order valence-electron chi connectivity index (χ2n) is 2.91. The fraction of sp³-hybridized carbons (Fsp3) is 0. The van der Waals surface area contributed by atoms with Gasteiger partial charge in [0.05, 0.1) is 15.4 Å². The number of halogens is 2. The van der Waals surface area contributed by atoms with E-state index in [2.05, 4.69) is 4.98 Å². The minimum absolute atomic E-state index is 0.0247. The summed E-state index contributed by atoms with van der Waals surface area (Å²) in [6, 6.07) is 6.22. The summed E-state index contributed by atoms with van der Waals surface area (Å²) in [7, 11) is 1.52. The molecular weight excluding hydrogens is 257 g/mol. The number of pyridine rings is 1. The molecule has 15 heavy (non-hydrogen) atoms. The molecule has 0 amide bonds. The quantitative estimate of drug-likeness (QED) is 0.742. The maximum Gasteiger partial charge on any atom is 0.261 e. The second-order valence-corrected chi connectivity index (χ2v) is 5.89. The maximum absolute atomic E-state index is 11.3. The third-order valence-corrected chi connectivity index (χ3v) is 3.50. The van der Waals surface area contributed by atoms with Gasteiger partial charge in [-0.15, -0.1) is 0 Å². The van der Waals surface area contributed by atoms with Crippen LogP contribution < -0.4 is 0 Å². The first-order valence-corrected chi connectivity index (χ1v) is 6.66. The standard InChI is InChI=1S/C9H5Cl2NO2S/c10-6-4-7-8(12-5-6)2-1-3-9(7)15(11,13)14/h1-5H. The predicted octanol–water partition coefficient (Wildman–Crippen LogP) is 2.82. The lowest BCUT2D eigenvalue weighted by molar-refractivity contribution is 0.610. The van der Waals surface area contributed by atoms with Gasteiger partial charge in [0.15, 0.2) is 0 Å². The topological polar surface area (TPSA) is 47.0 Å². The number of aromatic nitrogens is 1. The van der Waals surface area contributed by atoms with Gasteiger partial charge in [0.1, 0.15) is 0 Å². The van der Waals surface area contributed by atoms with Gasteiger partial charge in [-0.25, -0.2) is 8.42 Å². The summed E-state index contributed by atoms with van der Waals surface area (Å²) >= 11 is 5.74. The zero-order valence-electron chi connectivity index (χ0n) is 7.31. The molecule has 1 heterocycles. The number of benzene rings is 1. The zero-order valence-corrected chi connectivity index (χ0v) is 9.64. The van der Waals surface area contributed by atoms with E-state index in [0.717, 1.165) is 0 Å². The molecule has 0 aliphatic carbocycles. The van der Waals surface area contributed by atoms with Crippen LogP contribution in [0.2, 0.25) is 5.02 Å². The number of nitrogens with zero attached hydrogens (tertiary/aromatic N) is 1. The van der Waals surface area contributed by atoms with E-state index in [4.69, 9.17) is 22.3 Å². The van der Waals surface area contributed by atoms with Gasteiger partial charge in [0.2, 0.25) is 0 Å². The molecule has 1 aromatic carbocycles. The number of rotatable bonds is 1. The highest BCUT2D eigenvalue weighted by atomic mass is 35.7. The van der Waals surface area contributed by atoms with Crippen LogP contribution >= 0.6 is 22.3 Å². The number of hydrogen-bond acceptors (Lipinski definition) is 3. The third-order valence-electron chi connectivity index (χ3n) is 1.91. The van der Waals surface area contributed by atoms with E-state index in [9.17, 15) is 8.42 Å². The minimum Gasteiger partial charge on any atom is -0.255 e. The van der Waals surface area contributed by atoms with Crippen molar-refractivity contribution < 1.29 is 8.42 Å². The monoisotopic (exact) mass is 261 g/mol. The summed E-state index contributed by atoms with van der Waals surface area (Å²) in [5.41, 5.74) is 0.543. The van der Waals surface area contributed by atoms with Crippen LogP contribution in [0.25, 0.3) is 10.9 Å². The SMILES string of the molecule is O=S(=O)(Cl)c1cccc2ncc(Cl)cc12. The normalized spacial score (nSPS) is 11.9. The molecule has 2 rings (SSSR count). The van der Waals surface area contributed by atoms with Crippen LogP contribution in [0.15, 0.2) is 35.4 Å². The van der Waals surface area contributed by atoms with Gasteiger partial charge < -0.3 is 0 Å². The van der Waals surface area contributed by atoms with E-state index >= 15 is 0 Å². The average Bonchev–Trinajstić information content (AvgIpc) is 2.15. The van der Waals surface area contributed by atoms with Crippen LogP contribution in [0, 0.1) is 0 Å². The largest absolute Gasteiger partial charge is 0.261 e. The molecule has 78 valence electrons. The molecule has 0 radical (unpaired) electrons. The van der Waals surface area contributed by atoms with E-state index in [1.165, 1.54) is 18.3 Å². The molecule has 0 saturated carbocycles. The molecule has 0 spiro atoms. The molecule has 2 aromatic rings. The van der Waals surface area contributed by atoms with E-state index in [-0.39, 0.29) is 4.90 Å². The molecular formula is C9H5Cl2NO2S. The van der Waals surface area contributed by atoms with Crippen molar-refractivity contribution in [2.24, 2.45) is 0 Å². The first kappa shape index (κ1) is 10.7. The molecule has 0 saturated heterocycles. The van der Waals surface area contributed by atoms with Crippen molar-refractivity contribution in [3.05, 3.63) is 35.5 Å². The molecule has 0 aliphatic heterocycles. The minimum atomic E-state index is -3.77. The van der Waals surface area contributed by atoms with Crippen LogP contribution in [0.1, 0.15) is 0 Å². The van der Waals surface area contributed by atoms with E-state index in [1.54, 1.807) is 12.1 Å². The first-order valence-electron chi connectivity index (χ1n) is 3.97. The summed E-state index contributed by atoms with van der Waals surface area (Å²) in [5, 5.41) is 0.801. The summed E-state index contributed by atoms with van der Waals surface area (Å²) in [4.78, 5) is 4.02. The van der Waals surface area contributed by atoms with Crippen LogP contribution in [-0.2, 0) is 9.05 Å². The molecule has 6 heteroatoms. The summed E-state index contributed by atoms with van der Waals surface area (Å²) in [6.45, 7) is 0. The Balaban J connectivity index is 2.92. The lowest BCUT2D eigenvalue weighted by Gasteiger charge is -2.02. The zero-order chi connectivity index (χ0) is 11.1. The Morgan fingerprint density at radius 1 is 1.27 bits per heavy atom. The second kappa shape index (κ2) is 3.63. The highest BCUT2D eigenvalue weighted by molar-refractivity contribution is 8.14. The van der Waals surface area contributed by atoms with Crippen molar-refractivity contribution in [3.8, 4) is 0 Å². The summed E-state index contributed by atoms with van der Waals surface area (Å²) in [5.74, 6) is 0. The van der Waals surface area contributed by atoms with Crippen LogP contribution in [0.5, 0.6) is 0 Å². The molecule has 0 bridgehead atoms. The van der Waals surface area contributed by atoms with Crippen molar-refractivity contribution in [1.82, 2.24) is 4.98 Å². The van der Waals surface area contributed by atoms with Gasteiger partial charge in [0, 0.05) is 22.3 Å². The van der Waals surface area contributed by atoms with Gasteiger partial charge in [-0.3, -0.25) is 4.98 Å². The Labute approximate surface area is 96.1 Å². The molecule has 3 nitrogen and oxygen atoms in total. The smallest absolute Gasteiger partial charge is 0.255 e. The lowest BCUT2D eigenvalue weighted by atomic mass is 10.2. The highest BCUT2D eigenvalue weighted by Crippen LogP contribution is 2.26. The summed E-state index contributed by atoms with van der Waals surface area (Å²) in [6.07, 6.45) is 1.45. The third kappa shape index (κ3) is 2.07. The Morgan fingerprint density at radius 3 is 2.67 bits per heavy atom. The molecule has 0 fully saturated rings. The Morgan fingerprint density at radius 2 is 2.00 bits per heavy atom. The molecule has 1 aromatic heterocycles. The number of fused-ring (bicyclic) bond motifs is 1. The summed E-state index contributed by atoms with van der Waals surface area (Å²) < 4.78 is 22.5. The van der Waals surface area contributed by atoms with E-state index < -0.39 is 9.05 Å². The van der Waals surface area contributed by atoms with Gasteiger partial charge in [-0.2, -0.15) is 0 Å². The van der Waals surface area contributed by atoms with Crippen LogP contribution in [-0.4, -0.2) is 13.4 Å². The van der Waals surface area contributed by atoms with Crippen molar-refractivity contribution >= 4 is 42.2 Å². The molecule has 0 unspecified atom stereocenters. The van der Waals surface area contributed by atoms with Gasteiger partial charge in [-0.05, 0) is 18.2 Å². The van der Waals surface area contributed by atoms with Crippen molar-refractivity contribution in [2.45, 2.75) is 4.90 Å². The lowest BCUT2D eigenvalue weighted by Crippen LogP contribution is -1.92. The van der Waals surface area contributed by atoms with Crippen LogP contribution in [0.3, 0.4) is 0 Å². The molecule has 0 N–H and O–H groups in total. The first-order chi connectivity index (χ1) is 6.98. The molecule has 0 aliphatic rings. The van der Waals surface area contributed by atoms with Crippen molar-refractivity contribution in [2.75, 3.05) is 0 Å². The van der Waals surface area contributed by atoms with Crippen molar-refractivity contribution in [1.29, 1.82) is 0 Å². The van der Waals surface area contributed by atoms with Gasteiger partial charge in [0.25, 0.3) is 9.05 Å². The van der Waals surface area contributed by atoms with E-state index in [0.29, 0.717) is 15.9 Å². The van der Waals surface area contributed by atoms with Gasteiger partial charge >= 0.3 is 0 Å². The Hall–Kier alpha value is -0.840. The fourth-order valence-corrected chi connectivity index (χ4v) is 2.54. The van der Waals surface area contributed by atoms with Gasteiger partial charge in [-0.1, -0.05) is 17.7 Å². The predicted molar refractivity (Wildman–Crippen MR) is 59.8 cm³/mol. The average molecular weight is 262 g/mol. The fourth-order valence-electron chi connectivity index (χ4n) is 1.31. The molecule has 0 atom stereocenters. The number of hydrogen-bond donors (Lipinski definition) is 0. The maximum atomic E-state index is 11.3.